The quantitative estimate of drug-likeness (QED) is 0.434. The fourth-order valence-electron chi connectivity index (χ4n) is 3.33. The highest BCUT2D eigenvalue weighted by Gasteiger charge is 2.36. The number of fused-ring (bicyclic) bond motifs is 1. The van der Waals surface area contributed by atoms with Crippen molar-refractivity contribution in [3.8, 4) is 5.75 Å². The number of nitrogens with one attached hydrogen (secondary N) is 1. The van der Waals surface area contributed by atoms with Gasteiger partial charge in [0.1, 0.15) is 11.3 Å². The van der Waals surface area contributed by atoms with Crippen LogP contribution in [0.4, 0.5) is 5.69 Å². The van der Waals surface area contributed by atoms with Crippen LogP contribution in [0.15, 0.2) is 66.7 Å². The molecular weight excluding hydrogens is 400 g/mol. The van der Waals surface area contributed by atoms with Crippen molar-refractivity contribution < 1.29 is 29.4 Å². The highest BCUT2D eigenvalue weighted by molar-refractivity contribution is 6.22. The Morgan fingerprint density at radius 1 is 0.871 bits per heavy atom. The lowest BCUT2D eigenvalue weighted by molar-refractivity contribution is 0.0639. The summed E-state index contributed by atoms with van der Waals surface area (Å²) < 4.78 is 0. The van der Waals surface area contributed by atoms with E-state index in [0.717, 1.165) is 22.6 Å². The number of carbonyl (C=O) groups is 4. The van der Waals surface area contributed by atoms with Crippen LogP contribution in [0.5, 0.6) is 5.75 Å². The lowest BCUT2D eigenvalue weighted by Gasteiger charge is -2.13. The molecule has 0 saturated carbocycles. The van der Waals surface area contributed by atoms with E-state index in [0.29, 0.717) is 0 Å². The lowest BCUT2D eigenvalue weighted by Crippen LogP contribution is -2.29. The van der Waals surface area contributed by atoms with Gasteiger partial charge in [-0.2, -0.15) is 0 Å². The van der Waals surface area contributed by atoms with Gasteiger partial charge in [-0.05, 0) is 42.0 Å². The fourth-order valence-corrected chi connectivity index (χ4v) is 3.33. The summed E-state index contributed by atoms with van der Waals surface area (Å²) in [6.45, 7) is 0.125. The van der Waals surface area contributed by atoms with Gasteiger partial charge in [0, 0.05) is 11.3 Å². The van der Waals surface area contributed by atoms with E-state index in [1.165, 1.54) is 24.3 Å². The molecule has 8 nitrogen and oxygen atoms in total. The van der Waals surface area contributed by atoms with E-state index in [4.69, 9.17) is 5.11 Å². The van der Waals surface area contributed by atoms with E-state index >= 15 is 0 Å². The number of carbonyl (C=O) groups excluding carboxylic acids is 3. The first-order valence-electron chi connectivity index (χ1n) is 9.27. The van der Waals surface area contributed by atoms with Gasteiger partial charge in [0.2, 0.25) is 0 Å². The van der Waals surface area contributed by atoms with Crippen LogP contribution < -0.4 is 5.32 Å². The van der Waals surface area contributed by atoms with Crippen LogP contribution in [0.3, 0.4) is 0 Å². The molecule has 4 rings (SSSR count). The molecule has 1 heterocycles. The molecule has 0 radical (unpaired) electrons. The second-order valence-corrected chi connectivity index (χ2v) is 6.93. The first kappa shape index (κ1) is 19.8. The molecule has 0 saturated heterocycles. The molecule has 8 heteroatoms. The summed E-state index contributed by atoms with van der Waals surface area (Å²) in [5.41, 5.74) is 1.08. The molecular formula is C23H16N2O6. The first-order chi connectivity index (χ1) is 14.8. The second-order valence-electron chi connectivity index (χ2n) is 6.93. The van der Waals surface area contributed by atoms with E-state index in [1.54, 1.807) is 0 Å². The van der Waals surface area contributed by atoms with Crippen molar-refractivity contribution >= 4 is 29.4 Å². The number of benzene rings is 3. The predicted molar refractivity (Wildman–Crippen MR) is 110 cm³/mol. The number of nitrogens with zero attached hydrogens (tertiary/aromatic N) is 1. The van der Waals surface area contributed by atoms with Crippen LogP contribution in [-0.4, -0.2) is 38.8 Å². The van der Waals surface area contributed by atoms with Crippen molar-refractivity contribution in [2.45, 2.75) is 6.54 Å². The van der Waals surface area contributed by atoms with Gasteiger partial charge in [-0.3, -0.25) is 19.3 Å². The molecule has 0 aliphatic carbocycles. The smallest absolute Gasteiger partial charge is 0.339 e. The minimum Gasteiger partial charge on any atom is -0.507 e. The zero-order valence-corrected chi connectivity index (χ0v) is 16.0. The number of carboxylic acids is 1. The van der Waals surface area contributed by atoms with E-state index in [1.807, 2.05) is 30.3 Å². The van der Waals surface area contributed by atoms with Gasteiger partial charge in [-0.25, -0.2) is 4.79 Å². The van der Waals surface area contributed by atoms with Crippen LogP contribution in [-0.2, 0) is 6.54 Å². The van der Waals surface area contributed by atoms with Gasteiger partial charge >= 0.3 is 5.97 Å². The average Bonchev–Trinajstić information content (AvgIpc) is 3.00. The molecule has 0 unspecified atom stereocenters. The Hall–Kier alpha value is -4.46. The number of aromatic hydroxyl groups is 1. The number of imide groups is 1. The molecule has 0 aromatic heterocycles. The Morgan fingerprint density at radius 3 is 2.29 bits per heavy atom. The van der Waals surface area contributed by atoms with Crippen LogP contribution in [0.1, 0.15) is 47.0 Å². The third kappa shape index (κ3) is 3.74. The van der Waals surface area contributed by atoms with Crippen LogP contribution in [0.25, 0.3) is 0 Å². The Balaban J connectivity index is 1.56. The number of amides is 3. The summed E-state index contributed by atoms with van der Waals surface area (Å²) >= 11 is 0. The second kappa shape index (κ2) is 7.75. The monoisotopic (exact) mass is 416 g/mol. The summed E-state index contributed by atoms with van der Waals surface area (Å²) in [6.07, 6.45) is 0. The molecule has 0 spiro atoms. The van der Waals surface area contributed by atoms with Crippen LogP contribution in [0.2, 0.25) is 0 Å². The van der Waals surface area contributed by atoms with Crippen molar-refractivity contribution in [2.75, 3.05) is 5.32 Å². The highest BCUT2D eigenvalue weighted by Crippen LogP contribution is 2.27. The Kier molecular flexibility index (Phi) is 4.96. The van der Waals surface area contributed by atoms with E-state index in [9.17, 15) is 24.3 Å². The van der Waals surface area contributed by atoms with Crippen molar-refractivity contribution in [2.24, 2.45) is 0 Å². The zero-order chi connectivity index (χ0) is 22.1. The highest BCUT2D eigenvalue weighted by atomic mass is 16.4. The van der Waals surface area contributed by atoms with Crippen molar-refractivity contribution in [1.82, 2.24) is 4.90 Å². The van der Waals surface area contributed by atoms with E-state index < -0.39 is 29.4 Å². The maximum atomic E-state index is 12.8. The molecule has 0 fully saturated rings. The molecule has 3 aromatic carbocycles. The van der Waals surface area contributed by atoms with Crippen LogP contribution >= 0.6 is 0 Å². The molecule has 3 aromatic rings. The van der Waals surface area contributed by atoms with Gasteiger partial charge in [0.15, 0.2) is 0 Å². The molecule has 0 atom stereocenters. The molecule has 31 heavy (non-hydrogen) atoms. The molecule has 1 aliphatic heterocycles. The normalized spacial score (nSPS) is 12.6. The third-order valence-corrected chi connectivity index (χ3v) is 4.90. The van der Waals surface area contributed by atoms with Crippen molar-refractivity contribution in [1.29, 1.82) is 0 Å². The summed E-state index contributed by atoms with van der Waals surface area (Å²) in [5, 5.41) is 21.2. The standard InChI is InChI=1S/C23H16N2O6/c26-19-9-7-15(11-18(19)23(30)31)24-20(27)14-6-8-16-17(10-14)22(29)25(21(16)28)12-13-4-2-1-3-5-13/h1-11,26H,12H2,(H,24,27)(H,30,31). The van der Waals surface area contributed by atoms with Crippen molar-refractivity contribution in [3.05, 3.63) is 94.5 Å². The number of rotatable bonds is 5. The number of anilines is 1. The minimum absolute atomic E-state index is 0.125. The van der Waals surface area contributed by atoms with Crippen molar-refractivity contribution in [3.63, 3.8) is 0 Å². The third-order valence-electron chi connectivity index (χ3n) is 4.90. The minimum atomic E-state index is -1.34. The average molecular weight is 416 g/mol. The summed E-state index contributed by atoms with van der Waals surface area (Å²) in [4.78, 5) is 50.3. The summed E-state index contributed by atoms with van der Waals surface area (Å²) in [6, 6.07) is 16.9. The largest absolute Gasteiger partial charge is 0.507 e. The van der Waals surface area contributed by atoms with Crippen LogP contribution in [0, 0.1) is 0 Å². The fraction of sp³-hybridized carbons (Fsp3) is 0.0435. The number of hydrogen-bond donors (Lipinski definition) is 3. The molecule has 3 N–H and O–H groups in total. The number of aromatic carboxylic acids is 1. The zero-order valence-electron chi connectivity index (χ0n) is 16.0. The van der Waals surface area contributed by atoms with E-state index in [2.05, 4.69) is 5.32 Å². The number of phenols is 1. The topological polar surface area (TPSA) is 124 Å². The molecule has 0 bridgehead atoms. The van der Waals surface area contributed by atoms with Gasteiger partial charge in [0.05, 0.1) is 17.7 Å². The molecule has 3 amide bonds. The number of hydrogen-bond acceptors (Lipinski definition) is 5. The lowest BCUT2D eigenvalue weighted by atomic mass is 10.1. The first-order valence-corrected chi connectivity index (χ1v) is 9.27. The van der Waals surface area contributed by atoms with Gasteiger partial charge in [-0.15, -0.1) is 0 Å². The predicted octanol–water partition coefficient (Wildman–Crippen LogP) is 3.14. The molecule has 1 aliphatic rings. The van der Waals surface area contributed by atoms with Gasteiger partial charge in [0.25, 0.3) is 17.7 Å². The molecule has 154 valence electrons. The Bertz CT molecular complexity index is 1240. The Morgan fingerprint density at radius 2 is 1.58 bits per heavy atom. The van der Waals surface area contributed by atoms with E-state index in [-0.39, 0.29) is 34.5 Å². The van der Waals surface area contributed by atoms with Gasteiger partial charge in [-0.1, -0.05) is 30.3 Å². The maximum absolute atomic E-state index is 12.8. The number of carboxylic acid groups (broad SMARTS) is 1. The van der Waals surface area contributed by atoms with Gasteiger partial charge < -0.3 is 15.5 Å². The summed E-state index contributed by atoms with van der Waals surface area (Å²) in [5.74, 6) is -3.28. The SMILES string of the molecule is O=C(Nc1ccc(O)c(C(=O)O)c1)c1ccc2c(c1)C(=O)N(Cc1ccccc1)C2=O. The Labute approximate surface area is 176 Å². The summed E-state index contributed by atoms with van der Waals surface area (Å²) in [7, 11) is 0. The maximum Gasteiger partial charge on any atom is 0.339 e.